The largest absolute Gasteiger partial charge is 0.694 e. The van der Waals surface area contributed by atoms with Crippen LogP contribution in [-0.2, 0) is 87.2 Å². The number of anilines is 3. The Balaban J connectivity index is 0.788. The van der Waals surface area contributed by atoms with E-state index in [-0.39, 0.29) is 46.3 Å². The summed E-state index contributed by atoms with van der Waals surface area (Å²) < 4.78 is 150. The van der Waals surface area contributed by atoms with Crippen molar-refractivity contribution in [2.45, 2.75) is 138 Å². The Morgan fingerprint density at radius 2 is 0.880 bits per heavy atom. The van der Waals surface area contributed by atoms with Gasteiger partial charge in [-0.2, -0.15) is 15.0 Å². The third-order valence-corrected chi connectivity index (χ3v) is 20.4. The molecular formula is C48H63N15O32P5+. The van der Waals surface area contributed by atoms with E-state index in [1.807, 2.05) is 0 Å². The van der Waals surface area contributed by atoms with Gasteiger partial charge in [-0.25, -0.2) is 42.4 Å². The molecular weight excluding hydrogens is 1450 g/mol. The number of fused-ring (bicyclic) bond motifs is 1. The molecule has 6 aromatic rings. The van der Waals surface area contributed by atoms with Crippen LogP contribution in [0.3, 0.4) is 0 Å². The number of aliphatic hydroxyl groups is 1. The van der Waals surface area contributed by atoms with E-state index < -0.39 is 230 Å². The summed E-state index contributed by atoms with van der Waals surface area (Å²) in [6.45, 7) is -2.08. The second-order valence-electron chi connectivity index (χ2n) is 22.9. The molecule has 0 aliphatic carbocycles. The number of nitrogens with two attached hydrogens (primary N) is 3. The van der Waals surface area contributed by atoms with Gasteiger partial charge in [0, 0.05) is 72.6 Å². The minimum atomic E-state index is -5.58. The molecule has 0 spiro atoms. The molecule has 52 heteroatoms. The predicted octanol–water partition coefficient (Wildman–Crippen LogP) is -2.43. The Labute approximate surface area is 556 Å². The van der Waals surface area contributed by atoms with Gasteiger partial charge in [0.05, 0.1) is 38.9 Å². The first-order valence-electron chi connectivity index (χ1n) is 29.5. The first kappa shape index (κ1) is 74.3. The van der Waals surface area contributed by atoms with Crippen LogP contribution in [0, 0.1) is 13.8 Å². The van der Waals surface area contributed by atoms with Crippen molar-refractivity contribution in [2.24, 2.45) is 0 Å². The monoisotopic (exact) mass is 1520 g/mol. The quantitative estimate of drug-likeness (QED) is 0.0227. The van der Waals surface area contributed by atoms with Gasteiger partial charge in [0.25, 0.3) is 16.7 Å². The number of phosphoric ester groups is 4. The van der Waals surface area contributed by atoms with Crippen LogP contribution in [0.4, 0.5) is 17.6 Å². The molecule has 15 N–H and O–H groups in total. The third kappa shape index (κ3) is 17.6. The van der Waals surface area contributed by atoms with Gasteiger partial charge in [0.15, 0.2) is 11.2 Å². The van der Waals surface area contributed by atoms with Crippen LogP contribution in [0.5, 0.6) is 0 Å². The fourth-order valence-corrected chi connectivity index (χ4v) is 15.3. The van der Waals surface area contributed by atoms with E-state index in [1.54, 1.807) is 0 Å². The van der Waals surface area contributed by atoms with E-state index in [9.17, 15) is 86.0 Å². The first-order chi connectivity index (χ1) is 47.1. The highest BCUT2D eigenvalue weighted by Gasteiger charge is 2.50. The lowest BCUT2D eigenvalue weighted by atomic mass is 10.2. The number of aromatic nitrogens is 12. The molecule has 5 aliphatic heterocycles. The summed E-state index contributed by atoms with van der Waals surface area (Å²) in [5.41, 5.74) is 10.7. The zero-order chi connectivity index (χ0) is 72.1. The maximum Gasteiger partial charge on any atom is 0.694 e. The highest BCUT2D eigenvalue weighted by atomic mass is 31.2. The number of aromatic amines is 3. The number of nitrogens with one attached hydrogen (secondary N) is 3. The maximum absolute atomic E-state index is 14.2. The number of H-pyrrole nitrogens is 3. The van der Waals surface area contributed by atoms with Crippen LogP contribution in [0.1, 0.15) is 74.4 Å². The molecule has 11 rings (SSSR count). The highest BCUT2D eigenvalue weighted by molar-refractivity contribution is 7.48. The third-order valence-electron chi connectivity index (χ3n) is 16.0. The van der Waals surface area contributed by atoms with E-state index in [0.717, 1.165) is 41.6 Å². The molecule has 0 amide bonds. The van der Waals surface area contributed by atoms with Crippen molar-refractivity contribution in [1.29, 1.82) is 0 Å². The molecule has 0 saturated carbocycles. The highest BCUT2D eigenvalue weighted by Crippen LogP contribution is 2.55. The number of ether oxygens (including phenoxy) is 5. The molecule has 0 bridgehead atoms. The second-order valence-corrected chi connectivity index (χ2v) is 29.2. The number of hydrogen-bond acceptors (Lipinski definition) is 34. The van der Waals surface area contributed by atoms with Crippen molar-refractivity contribution in [3.05, 3.63) is 127 Å². The number of phosphoric acid groups is 4. The van der Waals surface area contributed by atoms with Gasteiger partial charge in [-0.1, -0.05) is 0 Å². The average molecular weight is 1520 g/mol. The fraction of sp³-hybridized carbons (Fsp3) is 0.562. The maximum atomic E-state index is 14.2. The van der Waals surface area contributed by atoms with E-state index in [1.165, 1.54) is 38.4 Å². The van der Waals surface area contributed by atoms with Gasteiger partial charge < -0.3 is 65.6 Å². The normalized spacial score (nSPS) is 29.6. The van der Waals surface area contributed by atoms with E-state index >= 15 is 0 Å². The second kappa shape index (κ2) is 29.8. The molecule has 5 fully saturated rings. The molecule has 5 aliphatic rings. The van der Waals surface area contributed by atoms with Crippen molar-refractivity contribution in [3.63, 3.8) is 0 Å². The minimum Gasteiger partial charge on any atom is -0.390 e. The lowest BCUT2D eigenvalue weighted by Gasteiger charge is -2.25. The number of imidazole rings is 1. The van der Waals surface area contributed by atoms with Crippen LogP contribution >= 0.6 is 39.5 Å². The smallest absolute Gasteiger partial charge is 0.390 e. The molecule has 5 unspecified atom stereocenters. The zero-order valence-electron chi connectivity index (χ0n) is 51.6. The fourth-order valence-electron chi connectivity index (χ4n) is 11.2. The van der Waals surface area contributed by atoms with Crippen molar-refractivity contribution in [1.82, 2.24) is 57.7 Å². The van der Waals surface area contributed by atoms with Gasteiger partial charge in [-0.05, 0) is 26.0 Å². The SMILES string of the molecule is Cc1cn([C@H]2C[C@H](OP(=O)(O)OC[C@H]3O[C@@H](n4ccc(N)nc4=O)C[C@@H]3OP(=O)(O)OC[C@H]3O[C@@H](n4cc(C)c(=O)[nH]c4=O)C[C@@H]3O)[C@@H](COP(=O)(O)O[C@H]3C[C@H](n4cnc5c(=O)[nH]c(N)nc54)O[C@@H]3COP(=O)(O)O[C@H]3C[C@H](n4ccc(N)nc4=O)O[C@@H]3CO[P+](=O)O)O2)c(=O)[nH]c1=O. The van der Waals surface area contributed by atoms with Crippen molar-refractivity contribution < 1.29 is 117 Å². The summed E-state index contributed by atoms with van der Waals surface area (Å²) in [7, 11) is -25.1. The number of aryl methyl sites for hydroxylation is 2. The van der Waals surface area contributed by atoms with Crippen LogP contribution < -0.4 is 56.6 Å². The molecule has 20 atom stereocenters. The Morgan fingerprint density at radius 3 is 1.28 bits per heavy atom. The lowest BCUT2D eigenvalue weighted by molar-refractivity contribution is -0.0645. The van der Waals surface area contributed by atoms with Crippen molar-refractivity contribution in [3.8, 4) is 0 Å². The van der Waals surface area contributed by atoms with Gasteiger partial charge in [0.1, 0.15) is 104 Å². The zero-order valence-corrected chi connectivity index (χ0v) is 56.0. The molecule has 5 saturated heterocycles. The number of aliphatic hydroxyl groups excluding tert-OH is 1. The number of rotatable bonds is 28. The molecule has 11 heterocycles. The Hall–Kier alpha value is -6.91. The summed E-state index contributed by atoms with van der Waals surface area (Å²) in [4.78, 5) is 165. The molecule has 546 valence electrons. The van der Waals surface area contributed by atoms with E-state index in [0.29, 0.717) is 0 Å². The summed E-state index contributed by atoms with van der Waals surface area (Å²) >= 11 is 0. The average Bonchev–Trinajstić information content (AvgIpc) is 1.65. The Morgan fingerprint density at radius 1 is 0.520 bits per heavy atom. The van der Waals surface area contributed by atoms with Crippen LogP contribution in [0.25, 0.3) is 11.2 Å². The topological polar surface area (TPSA) is 657 Å². The standard InChI is InChI=1S/C48H62N15O32P5/c1-20-12-61(47(70)57-41(20)65)34-7-22(64)27(87-34)15-83-97(74,75)93-24-9-36(60-6-4-33(50)54-46(60)69)89-29(24)16-84-99(78,79)94-25-10-37(62-13-21(2)42(66)58-48(62)71)90-30(25)17-85-100(80,81)95-26-11-38(63-19-52-39-40(63)55-44(51)56-43(39)67)91-31(26)18-86-98(76,77)92-23-8-35(88-28(23)14-82-96(72)73)59-5-3-32(49)53-45(59)68/h3-6,12-13,19,22-31,34-38,64H,7-11,14-18H2,1-2H3,(H13-,49,50,51,53,54,55,56,57,58,65,66,67,68,69,70,71,72,73,74,75,76,77,78,79,80,81)/p+1/t22-,23-,24-,25-,26-,27+,28+,29+,30+,31+,34+,35+,36+,37+,38+/m0/s1. The van der Waals surface area contributed by atoms with Gasteiger partial charge in [-0.15, -0.1) is 9.42 Å². The Bertz CT molecular complexity index is 4720. The summed E-state index contributed by atoms with van der Waals surface area (Å²) in [6.07, 6.45) is -19.3. The molecule has 47 nitrogen and oxygen atoms in total. The predicted molar refractivity (Wildman–Crippen MR) is 328 cm³/mol. The van der Waals surface area contributed by atoms with E-state index in [4.69, 9.17) is 81.6 Å². The lowest BCUT2D eigenvalue weighted by Crippen LogP contribution is -2.33. The van der Waals surface area contributed by atoms with E-state index in [2.05, 4.69) is 34.9 Å². The number of nitrogen functional groups attached to an aromatic ring is 3. The first-order valence-corrected chi connectivity index (χ1v) is 36.6. The molecule has 100 heavy (non-hydrogen) atoms. The molecule has 0 radical (unpaired) electrons. The number of hydrogen-bond donors (Lipinski definition) is 12. The van der Waals surface area contributed by atoms with Crippen LogP contribution in [-0.4, -0.2) is 181 Å². The minimum absolute atomic E-state index is 0.0307. The summed E-state index contributed by atoms with van der Waals surface area (Å²) in [5, 5.41) is 10.8. The van der Waals surface area contributed by atoms with Gasteiger partial charge >= 0.3 is 62.3 Å². The summed E-state index contributed by atoms with van der Waals surface area (Å²) in [6, 6.07) is 2.45. The molecule has 0 aromatic carbocycles. The van der Waals surface area contributed by atoms with Crippen molar-refractivity contribution in [2.75, 3.05) is 50.2 Å². The van der Waals surface area contributed by atoms with Crippen molar-refractivity contribution >= 4 is 68.3 Å². The number of nitrogens with zero attached hydrogens (tertiary/aromatic N) is 9. The van der Waals surface area contributed by atoms with Crippen LogP contribution in [0.15, 0.2) is 76.8 Å². The van der Waals surface area contributed by atoms with Crippen LogP contribution in [0.2, 0.25) is 0 Å². The summed E-state index contributed by atoms with van der Waals surface area (Å²) in [5.74, 6) is -0.730. The van der Waals surface area contributed by atoms with Gasteiger partial charge in [-0.3, -0.25) is 88.4 Å². The van der Waals surface area contributed by atoms with Gasteiger partial charge in [0.2, 0.25) is 5.95 Å². The Kier molecular flexibility index (Phi) is 22.1. The molecule has 6 aromatic heterocycles.